The third-order valence-electron chi connectivity index (χ3n) is 3.88. The zero-order valence-electron chi connectivity index (χ0n) is 9.63. The van der Waals surface area contributed by atoms with Gasteiger partial charge in [-0.05, 0) is 59.9 Å². The van der Waals surface area contributed by atoms with Gasteiger partial charge in [0.2, 0.25) is 0 Å². The molecule has 0 spiro atoms. The topological polar surface area (TPSA) is 15.3 Å². The fraction of sp³-hybridized carbons (Fsp3) is 0.538. The van der Waals surface area contributed by atoms with Gasteiger partial charge in [0.25, 0.3) is 0 Å². The van der Waals surface area contributed by atoms with Crippen molar-refractivity contribution < 1.29 is 4.39 Å². The molecule has 2 fully saturated rings. The Kier molecular flexibility index (Phi) is 3.09. The summed E-state index contributed by atoms with van der Waals surface area (Å²) in [5.41, 5.74) is 1.01. The number of benzene rings is 1. The standard InChI is InChI=1S/C13H16BrFN2/c14-10-8-9(3-4-11(10)15)16-12-5-7-17-6-1-2-13(12)17/h3-4,8,12-13,16H,1-2,5-7H2. The summed E-state index contributed by atoms with van der Waals surface area (Å²) >= 11 is 3.23. The minimum atomic E-state index is -0.204. The Morgan fingerprint density at radius 2 is 2.18 bits per heavy atom. The molecule has 2 nitrogen and oxygen atoms in total. The van der Waals surface area contributed by atoms with Crippen LogP contribution in [0.15, 0.2) is 22.7 Å². The summed E-state index contributed by atoms with van der Waals surface area (Å²) in [6, 6.07) is 6.35. The van der Waals surface area contributed by atoms with Crippen molar-refractivity contribution in [2.24, 2.45) is 0 Å². The molecule has 1 N–H and O–H groups in total. The smallest absolute Gasteiger partial charge is 0.137 e. The molecule has 2 aliphatic heterocycles. The number of nitrogens with zero attached hydrogens (tertiary/aromatic N) is 1. The molecule has 0 aromatic heterocycles. The number of fused-ring (bicyclic) bond motifs is 1. The van der Waals surface area contributed by atoms with E-state index >= 15 is 0 Å². The molecule has 1 aromatic rings. The van der Waals surface area contributed by atoms with Crippen LogP contribution in [0.4, 0.5) is 10.1 Å². The SMILES string of the molecule is Fc1ccc(NC2CCN3CCCC23)cc1Br. The third-order valence-corrected chi connectivity index (χ3v) is 4.49. The van der Waals surface area contributed by atoms with E-state index in [2.05, 4.69) is 26.1 Å². The Labute approximate surface area is 109 Å². The quantitative estimate of drug-likeness (QED) is 0.902. The van der Waals surface area contributed by atoms with Crippen molar-refractivity contribution in [3.8, 4) is 0 Å². The van der Waals surface area contributed by atoms with E-state index in [0.717, 1.165) is 5.69 Å². The summed E-state index contributed by atoms with van der Waals surface area (Å²) in [7, 11) is 0. The molecule has 0 amide bonds. The second-order valence-electron chi connectivity index (χ2n) is 4.91. The van der Waals surface area contributed by atoms with Gasteiger partial charge in [0.05, 0.1) is 4.47 Å². The van der Waals surface area contributed by atoms with Crippen molar-refractivity contribution in [1.29, 1.82) is 0 Å². The average molecular weight is 299 g/mol. The van der Waals surface area contributed by atoms with Gasteiger partial charge in [0, 0.05) is 24.3 Å². The Hall–Kier alpha value is -0.610. The first kappa shape index (κ1) is 11.5. The Morgan fingerprint density at radius 1 is 1.29 bits per heavy atom. The molecule has 1 aromatic carbocycles. The van der Waals surface area contributed by atoms with E-state index in [1.165, 1.54) is 38.4 Å². The molecular formula is C13H16BrFN2. The molecule has 0 saturated carbocycles. The molecule has 4 heteroatoms. The van der Waals surface area contributed by atoms with Gasteiger partial charge in [-0.2, -0.15) is 0 Å². The van der Waals surface area contributed by atoms with Crippen LogP contribution in [0.1, 0.15) is 19.3 Å². The van der Waals surface area contributed by atoms with Gasteiger partial charge >= 0.3 is 0 Å². The van der Waals surface area contributed by atoms with Crippen molar-refractivity contribution >= 4 is 21.6 Å². The van der Waals surface area contributed by atoms with Crippen molar-refractivity contribution in [3.63, 3.8) is 0 Å². The monoisotopic (exact) mass is 298 g/mol. The zero-order valence-corrected chi connectivity index (χ0v) is 11.2. The lowest BCUT2D eigenvalue weighted by atomic mass is 10.1. The maximum absolute atomic E-state index is 13.1. The predicted molar refractivity (Wildman–Crippen MR) is 70.7 cm³/mol. The van der Waals surface area contributed by atoms with Crippen molar-refractivity contribution in [2.45, 2.75) is 31.3 Å². The molecular weight excluding hydrogens is 283 g/mol. The first-order valence-electron chi connectivity index (χ1n) is 6.20. The summed E-state index contributed by atoms with van der Waals surface area (Å²) in [4.78, 5) is 2.57. The van der Waals surface area contributed by atoms with E-state index in [1.54, 1.807) is 0 Å². The van der Waals surface area contributed by atoms with Gasteiger partial charge in [-0.3, -0.25) is 4.90 Å². The Bertz CT molecular complexity index is 424. The van der Waals surface area contributed by atoms with Crippen LogP contribution in [0.25, 0.3) is 0 Å². The number of hydrogen-bond donors (Lipinski definition) is 1. The number of halogens is 2. The molecule has 3 rings (SSSR count). The molecule has 2 atom stereocenters. The van der Waals surface area contributed by atoms with E-state index in [-0.39, 0.29) is 5.82 Å². The fourth-order valence-electron chi connectivity index (χ4n) is 3.05. The van der Waals surface area contributed by atoms with Crippen LogP contribution in [0.2, 0.25) is 0 Å². The highest BCUT2D eigenvalue weighted by molar-refractivity contribution is 9.10. The van der Waals surface area contributed by atoms with Crippen LogP contribution >= 0.6 is 15.9 Å². The average Bonchev–Trinajstić information content (AvgIpc) is 2.88. The van der Waals surface area contributed by atoms with Gasteiger partial charge in [0.15, 0.2) is 0 Å². The van der Waals surface area contributed by atoms with E-state index in [1.807, 2.05) is 12.1 Å². The lowest BCUT2D eigenvalue weighted by Crippen LogP contribution is -2.33. The van der Waals surface area contributed by atoms with Gasteiger partial charge in [-0.1, -0.05) is 0 Å². The molecule has 0 radical (unpaired) electrons. The molecule has 2 unspecified atom stereocenters. The molecule has 2 heterocycles. The lowest BCUT2D eigenvalue weighted by molar-refractivity contribution is 0.318. The second-order valence-corrected chi connectivity index (χ2v) is 5.77. The number of anilines is 1. The third kappa shape index (κ3) is 2.20. The van der Waals surface area contributed by atoms with Gasteiger partial charge < -0.3 is 5.32 Å². The fourth-order valence-corrected chi connectivity index (χ4v) is 3.43. The summed E-state index contributed by atoms with van der Waals surface area (Å²) in [6.07, 6.45) is 3.80. The highest BCUT2D eigenvalue weighted by atomic mass is 79.9. The first-order valence-corrected chi connectivity index (χ1v) is 6.99. The van der Waals surface area contributed by atoms with Crippen molar-refractivity contribution in [2.75, 3.05) is 18.4 Å². The molecule has 2 aliphatic rings. The highest BCUT2D eigenvalue weighted by Crippen LogP contribution is 2.30. The van der Waals surface area contributed by atoms with Crippen molar-refractivity contribution in [3.05, 3.63) is 28.5 Å². The Balaban J connectivity index is 1.72. The molecule has 0 aliphatic carbocycles. The second kappa shape index (κ2) is 4.58. The minimum Gasteiger partial charge on any atom is -0.381 e. The van der Waals surface area contributed by atoms with Gasteiger partial charge in [0.1, 0.15) is 5.82 Å². The van der Waals surface area contributed by atoms with Crippen LogP contribution in [0, 0.1) is 5.82 Å². The van der Waals surface area contributed by atoms with Crippen molar-refractivity contribution in [1.82, 2.24) is 4.90 Å². The van der Waals surface area contributed by atoms with Gasteiger partial charge in [-0.25, -0.2) is 4.39 Å². The summed E-state index contributed by atoms with van der Waals surface area (Å²) < 4.78 is 13.7. The maximum Gasteiger partial charge on any atom is 0.137 e. The molecule has 92 valence electrons. The van der Waals surface area contributed by atoms with E-state index in [0.29, 0.717) is 16.6 Å². The normalized spacial score (nSPS) is 28.4. The van der Waals surface area contributed by atoms with E-state index in [9.17, 15) is 4.39 Å². The molecule has 2 saturated heterocycles. The highest BCUT2D eigenvalue weighted by Gasteiger charge is 2.36. The summed E-state index contributed by atoms with van der Waals surface area (Å²) in [6.45, 7) is 2.45. The van der Waals surface area contributed by atoms with E-state index in [4.69, 9.17) is 0 Å². The Morgan fingerprint density at radius 3 is 3.00 bits per heavy atom. The summed E-state index contributed by atoms with van der Waals surface area (Å²) in [5.74, 6) is -0.204. The number of hydrogen-bond acceptors (Lipinski definition) is 2. The first-order chi connectivity index (χ1) is 8.24. The van der Waals surface area contributed by atoms with Crippen LogP contribution in [-0.4, -0.2) is 30.1 Å². The summed E-state index contributed by atoms with van der Waals surface area (Å²) in [5, 5.41) is 3.54. The van der Waals surface area contributed by atoms with Gasteiger partial charge in [-0.15, -0.1) is 0 Å². The van der Waals surface area contributed by atoms with Crippen LogP contribution in [-0.2, 0) is 0 Å². The minimum absolute atomic E-state index is 0.204. The van der Waals surface area contributed by atoms with Crippen LogP contribution in [0.5, 0.6) is 0 Å². The van der Waals surface area contributed by atoms with E-state index < -0.39 is 0 Å². The largest absolute Gasteiger partial charge is 0.381 e. The molecule has 17 heavy (non-hydrogen) atoms. The number of rotatable bonds is 2. The van der Waals surface area contributed by atoms with Crippen LogP contribution in [0.3, 0.4) is 0 Å². The van der Waals surface area contributed by atoms with Crippen LogP contribution < -0.4 is 5.32 Å². The zero-order chi connectivity index (χ0) is 11.8. The maximum atomic E-state index is 13.1. The lowest BCUT2D eigenvalue weighted by Gasteiger charge is -2.22. The predicted octanol–water partition coefficient (Wildman–Crippen LogP) is 3.24. The number of nitrogens with one attached hydrogen (secondary N) is 1. The molecule has 0 bridgehead atoms.